The van der Waals surface area contributed by atoms with Crippen molar-refractivity contribution in [2.45, 2.75) is 45.6 Å². The molecule has 0 bridgehead atoms. The Morgan fingerprint density at radius 1 is 1.23 bits per heavy atom. The van der Waals surface area contributed by atoms with Gasteiger partial charge in [-0.25, -0.2) is 0 Å². The van der Waals surface area contributed by atoms with E-state index in [-0.39, 0.29) is 24.1 Å². The number of carbonyl (C=O) groups excluding carboxylic acids is 3. The summed E-state index contributed by atoms with van der Waals surface area (Å²) in [6.07, 6.45) is 2.65. The van der Waals surface area contributed by atoms with Gasteiger partial charge in [-0.1, -0.05) is 13.8 Å². The van der Waals surface area contributed by atoms with Crippen LogP contribution in [0.1, 0.15) is 49.9 Å². The fourth-order valence-electron chi connectivity index (χ4n) is 3.07. The predicted octanol–water partition coefficient (Wildman–Crippen LogP) is 2.42. The number of methoxy groups -OCH3 is 1. The van der Waals surface area contributed by atoms with Gasteiger partial charge in [-0.15, -0.1) is 0 Å². The molecule has 1 heterocycles. The summed E-state index contributed by atoms with van der Waals surface area (Å²) in [7, 11) is 1.57. The summed E-state index contributed by atoms with van der Waals surface area (Å²) in [4.78, 5) is 38.6. The summed E-state index contributed by atoms with van der Waals surface area (Å²) in [5.74, 6) is 0.743. The van der Waals surface area contributed by atoms with Gasteiger partial charge in [0, 0.05) is 18.5 Å². The highest BCUT2D eigenvalue weighted by Crippen LogP contribution is 2.22. The van der Waals surface area contributed by atoms with Crippen LogP contribution < -0.4 is 10.1 Å². The number of rotatable bonds is 8. The smallest absolute Gasteiger partial charge is 0.242 e. The van der Waals surface area contributed by atoms with Crippen molar-refractivity contribution in [3.63, 3.8) is 0 Å². The summed E-state index contributed by atoms with van der Waals surface area (Å²) >= 11 is 0. The summed E-state index contributed by atoms with van der Waals surface area (Å²) < 4.78 is 5.11. The Bertz CT molecular complexity index is 640. The van der Waals surface area contributed by atoms with Crippen LogP contribution in [0.15, 0.2) is 24.3 Å². The molecule has 142 valence electrons. The zero-order valence-corrected chi connectivity index (χ0v) is 15.8. The van der Waals surface area contributed by atoms with Crippen molar-refractivity contribution in [2.75, 3.05) is 20.2 Å². The largest absolute Gasteiger partial charge is 0.497 e. The number of Topliss-reactive ketones (excluding diaryl/α,β-unsaturated/α-hetero) is 1. The highest BCUT2D eigenvalue weighted by atomic mass is 16.5. The number of ketones is 1. The second kappa shape index (κ2) is 9.36. The number of benzene rings is 1. The molecule has 26 heavy (non-hydrogen) atoms. The molecule has 1 aromatic rings. The second-order valence-corrected chi connectivity index (χ2v) is 7.05. The van der Waals surface area contributed by atoms with Crippen molar-refractivity contribution >= 4 is 17.6 Å². The Hall–Kier alpha value is -2.37. The first-order valence-electron chi connectivity index (χ1n) is 9.16. The average Bonchev–Trinajstić information content (AvgIpc) is 3.13. The van der Waals surface area contributed by atoms with Crippen molar-refractivity contribution in [3.8, 4) is 5.75 Å². The topological polar surface area (TPSA) is 75.7 Å². The van der Waals surface area contributed by atoms with Gasteiger partial charge in [-0.05, 0) is 49.4 Å². The van der Waals surface area contributed by atoms with E-state index < -0.39 is 6.04 Å². The van der Waals surface area contributed by atoms with E-state index in [0.29, 0.717) is 36.6 Å². The number of hydrogen-bond donors (Lipinski definition) is 1. The fraction of sp³-hybridized carbons (Fsp3) is 0.550. The molecule has 1 aliphatic heterocycles. The molecule has 6 nitrogen and oxygen atoms in total. The van der Waals surface area contributed by atoms with Crippen molar-refractivity contribution < 1.29 is 19.1 Å². The third-order valence-corrected chi connectivity index (χ3v) is 4.64. The lowest BCUT2D eigenvalue weighted by Crippen LogP contribution is -2.45. The van der Waals surface area contributed by atoms with Crippen LogP contribution in [0, 0.1) is 5.92 Å². The molecule has 0 unspecified atom stereocenters. The van der Waals surface area contributed by atoms with Gasteiger partial charge in [-0.2, -0.15) is 0 Å². The number of nitrogens with one attached hydrogen (secondary N) is 1. The van der Waals surface area contributed by atoms with Crippen molar-refractivity contribution in [1.82, 2.24) is 10.2 Å². The van der Waals surface area contributed by atoms with Gasteiger partial charge in [0.2, 0.25) is 11.8 Å². The van der Waals surface area contributed by atoms with Gasteiger partial charge >= 0.3 is 0 Å². The monoisotopic (exact) mass is 360 g/mol. The van der Waals surface area contributed by atoms with Gasteiger partial charge in [0.25, 0.3) is 0 Å². The molecule has 0 aromatic heterocycles. The Balaban J connectivity index is 1.92. The molecule has 0 radical (unpaired) electrons. The van der Waals surface area contributed by atoms with Crippen LogP contribution in [0.2, 0.25) is 0 Å². The zero-order valence-electron chi connectivity index (χ0n) is 15.8. The van der Waals surface area contributed by atoms with Gasteiger partial charge < -0.3 is 15.0 Å². The Morgan fingerprint density at radius 3 is 2.54 bits per heavy atom. The predicted molar refractivity (Wildman–Crippen MR) is 99.1 cm³/mol. The highest BCUT2D eigenvalue weighted by Gasteiger charge is 2.34. The maximum atomic E-state index is 12.8. The van der Waals surface area contributed by atoms with Crippen molar-refractivity contribution in [1.29, 1.82) is 0 Å². The third-order valence-electron chi connectivity index (χ3n) is 4.64. The SMILES string of the molecule is COc1ccc(C(=O)[C@H]2CCCN2C(=O)CNC(=O)CCC(C)C)cc1. The molecule has 1 N–H and O–H groups in total. The molecule has 0 spiro atoms. The van der Waals surface area contributed by atoms with E-state index in [4.69, 9.17) is 4.74 Å². The third kappa shape index (κ3) is 5.31. The minimum absolute atomic E-state index is 0.0523. The molecule has 1 fully saturated rings. The summed E-state index contributed by atoms with van der Waals surface area (Å²) in [5, 5.41) is 2.67. The molecule has 1 aliphatic rings. The van der Waals surface area contributed by atoms with Gasteiger partial charge in [0.05, 0.1) is 19.7 Å². The number of amides is 2. The molecule has 1 saturated heterocycles. The van der Waals surface area contributed by atoms with Gasteiger partial charge in [0.1, 0.15) is 5.75 Å². The molecule has 1 aromatic carbocycles. The van der Waals surface area contributed by atoms with E-state index in [9.17, 15) is 14.4 Å². The molecular formula is C20H28N2O4. The lowest BCUT2D eigenvalue weighted by Gasteiger charge is -2.24. The molecule has 0 saturated carbocycles. The van der Waals surface area contributed by atoms with Crippen LogP contribution in [0.4, 0.5) is 0 Å². The van der Waals surface area contributed by atoms with Gasteiger partial charge in [-0.3, -0.25) is 14.4 Å². The number of carbonyl (C=O) groups is 3. The summed E-state index contributed by atoms with van der Waals surface area (Å²) in [6.45, 7) is 4.60. The minimum atomic E-state index is -0.455. The first kappa shape index (κ1) is 19.9. The van der Waals surface area contributed by atoms with Crippen LogP contribution in [0.3, 0.4) is 0 Å². The van der Waals surface area contributed by atoms with E-state index in [2.05, 4.69) is 19.2 Å². The van der Waals surface area contributed by atoms with Crippen LogP contribution in [0.25, 0.3) is 0 Å². The fourth-order valence-corrected chi connectivity index (χ4v) is 3.07. The van der Waals surface area contributed by atoms with Crippen LogP contribution in [-0.4, -0.2) is 48.7 Å². The van der Waals surface area contributed by atoms with Crippen LogP contribution in [0.5, 0.6) is 5.75 Å². The second-order valence-electron chi connectivity index (χ2n) is 7.05. The lowest BCUT2D eigenvalue weighted by atomic mass is 10.0. The molecule has 2 rings (SSSR count). The maximum Gasteiger partial charge on any atom is 0.242 e. The lowest BCUT2D eigenvalue weighted by molar-refractivity contribution is -0.133. The first-order valence-corrected chi connectivity index (χ1v) is 9.16. The van der Waals surface area contributed by atoms with Crippen LogP contribution in [-0.2, 0) is 9.59 Å². The van der Waals surface area contributed by atoms with Crippen LogP contribution >= 0.6 is 0 Å². The van der Waals surface area contributed by atoms with E-state index >= 15 is 0 Å². The van der Waals surface area contributed by atoms with Crippen molar-refractivity contribution in [2.24, 2.45) is 5.92 Å². The molecule has 6 heteroatoms. The Kier molecular flexibility index (Phi) is 7.18. The normalized spacial score (nSPS) is 16.6. The van der Waals surface area contributed by atoms with E-state index in [1.54, 1.807) is 36.3 Å². The average molecular weight is 360 g/mol. The standard InChI is InChI=1S/C20H28N2O4/c1-14(2)6-11-18(23)21-13-19(24)22-12-4-5-17(22)20(25)15-7-9-16(26-3)10-8-15/h7-10,14,17H,4-6,11-13H2,1-3H3,(H,21,23)/t17-/m1/s1. The molecule has 0 aliphatic carbocycles. The highest BCUT2D eigenvalue weighted by molar-refractivity contribution is 6.02. The van der Waals surface area contributed by atoms with E-state index in [0.717, 1.165) is 12.8 Å². The van der Waals surface area contributed by atoms with E-state index in [1.807, 2.05) is 0 Å². The number of nitrogens with zero attached hydrogens (tertiary/aromatic N) is 1. The summed E-state index contributed by atoms with van der Waals surface area (Å²) in [5.41, 5.74) is 0.566. The number of ether oxygens (including phenoxy) is 1. The maximum absolute atomic E-state index is 12.8. The first-order chi connectivity index (χ1) is 12.4. The molecule has 2 amide bonds. The Morgan fingerprint density at radius 2 is 1.92 bits per heavy atom. The van der Waals surface area contributed by atoms with Gasteiger partial charge in [0.15, 0.2) is 5.78 Å². The molecular weight excluding hydrogens is 332 g/mol. The number of hydrogen-bond acceptors (Lipinski definition) is 4. The van der Waals surface area contributed by atoms with E-state index in [1.165, 1.54) is 0 Å². The zero-order chi connectivity index (χ0) is 19.1. The van der Waals surface area contributed by atoms with Crippen molar-refractivity contribution in [3.05, 3.63) is 29.8 Å². The number of likely N-dealkylation sites (tertiary alicyclic amines) is 1. The quantitative estimate of drug-likeness (QED) is 0.723. The summed E-state index contributed by atoms with van der Waals surface area (Å²) in [6, 6.07) is 6.46. The molecule has 1 atom stereocenters. The Labute approximate surface area is 154 Å². The minimum Gasteiger partial charge on any atom is -0.497 e.